The Bertz CT molecular complexity index is 1370. The number of carboxylic acid groups (broad SMARTS) is 1. The Hall–Kier alpha value is -3.41. The van der Waals surface area contributed by atoms with Crippen molar-refractivity contribution in [2.45, 2.75) is 39.5 Å². The van der Waals surface area contributed by atoms with E-state index in [1.807, 2.05) is 58.0 Å². The first-order chi connectivity index (χ1) is 16.8. The fraction of sp³-hybridized carbons (Fsp3) is 0.250. The number of rotatable bonds is 8. The van der Waals surface area contributed by atoms with Crippen molar-refractivity contribution in [3.63, 3.8) is 0 Å². The highest BCUT2D eigenvalue weighted by atomic mass is 31.2. The Morgan fingerprint density at radius 3 is 2.28 bits per heavy atom. The minimum atomic E-state index is -4.12. The number of nitrogens with zero attached hydrogens (tertiary/aromatic N) is 1. The topological polar surface area (TPSA) is 105 Å². The molecule has 3 aromatic rings. The average Bonchev–Trinajstić information content (AvgIpc) is 2.76. The maximum atomic E-state index is 13.7. The predicted octanol–water partition coefficient (Wildman–Crippen LogP) is 6.45. The van der Waals surface area contributed by atoms with Gasteiger partial charge in [0.25, 0.3) is 0 Å². The molecule has 36 heavy (non-hydrogen) atoms. The number of Topliss-reactive ketones (excluding diaryl/α,β-unsaturated/α-hetero) is 1. The Balaban J connectivity index is 2.24. The Morgan fingerprint density at radius 1 is 1.06 bits per heavy atom. The lowest BCUT2D eigenvalue weighted by Gasteiger charge is -2.24. The largest absolute Gasteiger partial charge is 0.481 e. The third kappa shape index (κ3) is 6.84. The lowest BCUT2D eigenvalue weighted by molar-refractivity contribution is -0.139. The first-order valence-corrected chi connectivity index (χ1v) is 13.3. The van der Waals surface area contributed by atoms with Crippen LogP contribution in [0.1, 0.15) is 44.0 Å². The van der Waals surface area contributed by atoms with Crippen LogP contribution in [0.5, 0.6) is 0 Å². The number of aliphatic carboxylic acids is 1. The summed E-state index contributed by atoms with van der Waals surface area (Å²) in [6, 6.07) is 15.6. The van der Waals surface area contributed by atoms with Gasteiger partial charge in [0.15, 0.2) is 5.78 Å². The summed E-state index contributed by atoms with van der Waals surface area (Å²) in [5.74, 6) is -1.52. The van der Waals surface area contributed by atoms with Crippen molar-refractivity contribution >= 4 is 25.2 Å². The number of hydrogen-bond acceptors (Lipinski definition) is 4. The van der Waals surface area contributed by atoms with Gasteiger partial charge in [-0.05, 0) is 47.9 Å². The van der Waals surface area contributed by atoms with Gasteiger partial charge in [0.2, 0.25) is 7.37 Å². The standard InChI is InChI=1S/C28H29FNO5P/c1-18-7-5-6-8-22(18)25-16-24(19-9-11-20(29)12-10-19)23(27(30-25)28(2,3)4)13-14-36(34,35)17-21(31)15-26(32)33/h5-14,16H,15,17H2,1-4H3,(H,32,33)(H,34,35). The van der Waals surface area contributed by atoms with Crippen LogP contribution in [0.2, 0.25) is 0 Å². The van der Waals surface area contributed by atoms with Crippen LogP contribution in [0, 0.1) is 12.7 Å². The molecule has 0 spiro atoms. The summed E-state index contributed by atoms with van der Waals surface area (Å²) < 4.78 is 26.5. The van der Waals surface area contributed by atoms with Crippen LogP contribution in [-0.4, -0.2) is 32.9 Å². The molecule has 0 aliphatic rings. The molecule has 8 heteroatoms. The summed E-state index contributed by atoms with van der Waals surface area (Å²) in [7, 11) is -4.12. The number of hydrogen-bond donors (Lipinski definition) is 2. The first kappa shape index (κ1) is 27.2. The molecule has 0 aliphatic carbocycles. The highest BCUT2D eigenvalue weighted by molar-refractivity contribution is 7.62. The van der Waals surface area contributed by atoms with Gasteiger partial charge in [-0.3, -0.25) is 19.1 Å². The molecule has 1 unspecified atom stereocenters. The van der Waals surface area contributed by atoms with E-state index in [-0.39, 0.29) is 0 Å². The summed E-state index contributed by atoms with van der Waals surface area (Å²) in [5.41, 5.74) is 4.75. The molecule has 3 rings (SSSR count). The zero-order chi connectivity index (χ0) is 26.7. The van der Waals surface area contributed by atoms with Gasteiger partial charge in [0.1, 0.15) is 12.2 Å². The zero-order valence-corrected chi connectivity index (χ0v) is 21.6. The predicted molar refractivity (Wildman–Crippen MR) is 139 cm³/mol. The van der Waals surface area contributed by atoms with Crippen molar-refractivity contribution in [1.82, 2.24) is 4.98 Å². The van der Waals surface area contributed by atoms with Crippen molar-refractivity contribution in [3.05, 3.63) is 83.1 Å². The second-order valence-corrected chi connectivity index (χ2v) is 11.9. The molecule has 6 nitrogen and oxygen atoms in total. The minimum absolute atomic E-state index is 0.392. The van der Waals surface area contributed by atoms with E-state index < -0.39 is 42.9 Å². The number of carbonyl (C=O) groups is 2. The minimum Gasteiger partial charge on any atom is -0.481 e. The molecule has 0 saturated heterocycles. The van der Waals surface area contributed by atoms with Gasteiger partial charge in [-0.1, -0.05) is 57.2 Å². The van der Waals surface area contributed by atoms with Crippen molar-refractivity contribution < 1.29 is 28.5 Å². The SMILES string of the molecule is Cc1ccccc1-c1cc(-c2ccc(F)cc2)c(C=CP(=O)(O)CC(=O)CC(=O)O)c(C(C)(C)C)n1. The summed E-state index contributed by atoms with van der Waals surface area (Å²) in [5, 5.41) is 8.79. The van der Waals surface area contributed by atoms with Gasteiger partial charge >= 0.3 is 5.97 Å². The highest BCUT2D eigenvalue weighted by Crippen LogP contribution is 2.45. The van der Waals surface area contributed by atoms with E-state index in [4.69, 9.17) is 10.1 Å². The molecule has 0 radical (unpaired) electrons. The van der Waals surface area contributed by atoms with Crippen LogP contribution in [0.4, 0.5) is 4.39 Å². The van der Waals surface area contributed by atoms with Crippen molar-refractivity contribution in [2.75, 3.05) is 6.16 Å². The monoisotopic (exact) mass is 509 g/mol. The molecule has 0 saturated carbocycles. The number of carbonyl (C=O) groups excluding carboxylic acids is 1. The van der Waals surface area contributed by atoms with Crippen LogP contribution in [0.3, 0.4) is 0 Å². The average molecular weight is 510 g/mol. The Labute approximate surface area is 210 Å². The molecule has 188 valence electrons. The van der Waals surface area contributed by atoms with Gasteiger partial charge < -0.3 is 10.00 Å². The molecule has 0 fully saturated rings. The zero-order valence-electron chi connectivity index (χ0n) is 20.7. The second kappa shape index (κ2) is 10.7. The molecule has 0 amide bonds. The number of aromatic nitrogens is 1. The third-order valence-electron chi connectivity index (χ3n) is 5.57. The number of carboxylic acids is 1. The van der Waals surface area contributed by atoms with Crippen molar-refractivity contribution in [1.29, 1.82) is 0 Å². The molecule has 1 atom stereocenters. The van der Waals surface area contributed by atoms with Gasteiger partial charge in [-0.25, -0.2) is 4.39 Å². The number of aryl methyl sites for hydroxylation is 1. The number of pyridine rings is 1. The summed E-state index contributed by atoms with van der Waals surface area (Å²) >= 11 is 0. The van der Waals surface area contributed by atoms with E-state index in [0.29, 0.717) is 28.1 Å². The van der Waals surface area contributed by atoms with E-state index in [1.165, 1.54) is 18.2 Å². The van der Waals surface area contributed by atoms with Crippen LogP contribution in [0.15, 0.2) is 60.4 Å². The molecule has 0 bridgehead atoms. The second-order valence-electron chi connectivity index (χ2n) is 9.73. The molecular formula is C28H29FNO5P. The molecule has 0 aliphatic heterocycles. The van der Waals surface area contributed by atoms with Crippen molar-refractivity contribution in [3.8, 4) is 22.4 Å². The van der Waals surface area contributed by atoms with Crippen LogP contribution >= 0.6 is 7.37 Å². The van der Waals surface area contributed by atoms with Gasteiger partial charge in [-0.15, -0.1) is 0 Å². The van der Waals surface area contributed by atoms with E-state index in [0.717, 1.165) is 16.9 Å². The van der Waals surface area contributed by atoms with E-state index in [2.05, 4.69) is 0 Å². The molecule has 2 aromatic carbocycles. The van der Waals surface area contributed by atoms with Crippen LogP contribution in [-0.2, 0) is 19.6 Å². The van der Waals surface area contributed by atoms with Crippen LogP contribution < -0.4 is 0 Å². The van der Waals surface area contributed by atoms with Crippen LogP contribution in [0.25, 0.3) is 28.5 Å². The summed E-state index contributed by atoms with van der Waals surface area (Å²) in [4.78, 5) is 38.0. The molecule has 1 aromatic heterocycles. The van der Waals surface area contributed by atoms with E-state index in [9.17, 15) is 23.4 Å². The lowest BCUT2D eigenvalue weighted by Crippen LogP contribution is -2.17. The highest BCUT2D eigenvalue weighted by Gasteiger charge is 2.26. The summed E-state index contributed by atoms with van der Waals surface area (Å²) in [6.45, 7) is 7.89. The quantitative estimate of drug-likeness (QED) is 0.267. The number of benzene rings is 2. The van der Waals surface area contributed by atoms with Gasteiger partial charge in [-0.2, -0.15) is 0 Å². The number of ketones is 1. The molecule has 2 N–H and O–H groups in total. The van der Waals surface area contributed by atoms with Crippen molar-refractivity contribution in [2.24, 2.45) is 0 Å². The first-order valence-electron chi connectivity index (χ1n) is 11.4. The van der Waals surface area contributed by atoms with E-state index >= 15 is 0 Å². The Kier molecular flexibility index (Phi) is 8.07. The van der Waals surface area contributed by atoms with Gasteiger partial charge in [0, 0.05) is 22.4 Å². The fourth-order valence-corrected chi connectivity index (χ4v) is 4.99. The van der Waals surface area contributed by atoms with E-state index in [1.54, 1.807) is 12.1 Å². The Morgan fingerprint density at radius 2 is 1.69 bits per heavy atom. The lowest BCUT2D eigenvalue weighted by atomic mass is 9.84. The van der Waals surface area contributed by atoms with Gasteiger partial charge in [0.05, 0.1) is 17.5 Å². The maximum Gasteiger partial charge on any atom is 0.310 e. The molecular weight excluding hydrogens is 480 g/mol. The molecule has 1 heterocycles. The fourth-order valence-electron chi connectivity index (χ4n) is 3.88. The third-order valence-corrected chi connectivity index (χ3v) is 6.99. The number of halogens is 1. The maximum absolute atomic E-state index is 13.7. The smallest absolute Gasteiger partial charge is 0.310 e. The summed E-state index contributed by atoms with van der Waals surface area (Å²) in [6.07, 6.45) is -0.136. The normalized spacial score (nSPS) is 13.5.